The van der Waals surface area contributed by atoms with Crippen molar-refractivity contribution in [3.8, 4) is 0 Å². The van der Waals surface area contributed by atoms with E-state index in [-0.39, 0.29) is 6.04 Å². The molecule has 0 saturated heterocycles. The van der Waals surface area contributed by atoms with E-state index in [0.717, 1.165) is 10.4 Å². The van der Waals surface area contributed by atoms with Crippen LogP contribution in [-0.4, -0.2) is 9.97 Å². The van der Waals surface area contributed by atoms with Crippen LogP contribution in [0.25, 0.3) is 11.0 Å². The summed E-state index contributed by atoms with van der Waals surface area (Å²) in [6.45, 7) is 2.03. The Labute approximate surface area is 118 Å². The lowest BCUT2D eigenvalue weighted by Gasteiger charge is -2.10. The molecule has 3 aromatic rings. The summed E-state index contributed by atoms with van der Waals surface area (Å²) in [6.07, 6.45) is 0. The lowest BCUT2D eigenvalue weighted by atomic mass is 10.1. The van der Waals surface area contributed by atoms with Gasteiger partial charge in [-0.3, -0.25) is 9.59 Å². The summed E-state index contributed by atoms with van der Waals surface area (Å²) in [6, 6.07) is 9.20. The molecule has 20 heavy (non-hydrogen) atoms. The third kappa shape index (κ3) is 2.19. The highest BCUT2D eigenvalue weighted by Gasteiger charge is 2.12. The molecule has 6 heteroatoms. The lowest BCUT2D eigenvalue weighted by molar-refractivity contribution is 0.894. The van der Waals surface area contributed by atoms with E-state index in [9.17, 15) is 9.59 Å². The zero-order chi connectivity index (χ0) is 14.3. The molecule has 4 N–H and O–H groups in total. The smallest absolute Gasteiger partial charge is 0.314 e. The van der Waals surface area contributed by atoms with Crippen LogP contribution in [0.2, 0.25) is 0 Å². The van der Waals surface area contributed by atoms with Gasteiger partial charge in [0.1, 0.15) is 0 Å². The third-order valence-corrected chi connectivity index (χ3v) is 4.26. The Bertz CT molecular complexity index is 891. The normalized spacial score (nSPS) is 12.7. The van der Waals surface area contributed by atoms with Gasteiger partial charge < -0.3 is 15.7 Å². The molecule has 1 aromatic carbocycles. The molecule has 0 aliphatic rings. The highest BCUT2D eigenvalue weighted by molar-refractivity contribution is 7.12. The van der Waals surface area contributed by atoms with Gasteiger partial charge >= 0.3 is 11.1 Å². The second kappa shape index (κ2) is 4.73. The van der Waals surface area contributed by atoms with Crippen LogP contribution in [0.3, 0.4) is 0 Å². The molecule has 0 saturated carbocycles. The standard InChI is InChI=1S/C14H13N3O2S/c1-7-2-5-11(20-7)12(15)8-3-4-9-10(6-8)17-14(19)13(18)16-9/h2-6,12H,15H2,1H3,(H,16,18)(H,17,19). The highest BCUT2D eigenvalue weighted by Crippen LogP contribution is 2.27. The first-order chi connectivity index (χ1) is 9.54. The Balaban J connectivity index is 2.11. The summed E-state index contributed by atoms with van der Waals surface area (Å²) < 4.78 is 0. The van der Waals surface area contributed by atoms with E-state index in [1.165, 1.54) is 4.88 Å². The average molecular weight is 287 g/mol. The maximum atomic E-state index is 11.4. The summed E-state index contributed by atoms with van der Waals surface area (Å²) in [4.78, 5) is 30.0. The van der Waals surface area contributed by atoms with Crippen LogP contribution in [0.4, 0.5) is 0 Å². The molecule has 0 spiro atoms. The Hall–Kier alpha value is -2.18. The van der Waals surface area contributed by atoms with Crippen LogP contribution >= 0.6 is 11.3 Å². The maximum Gasteiger partial charge on any atom is 0.314 e. The van der Waals surface area contributed by atoms with E-state index in [2.05, 4.69) is 9.97 Å². The van der Waals surface area contributed by atoms with Gasteiger partial charge in [0.15, 0.2) is 0 Å². The van der Waals surface area contributed by atoms with E-state index < -0.39 is 11.1 Å². The molecule has 3 rings (SSSR count). The van der Waals surface area contributed by atoms with E-state index in [1.807, 2.05) is 25.1 Å². The Morgan fingerprint density at radius 1 is 1.05 bits per heavy atom. The number of fused-ring (bicyclic) bond motifs is 1. The molecule has 2 heterocycles. The second-order valence-electron chi connectivity index (χ2n) is 4.64. The fourth-order valence-electron chi connectivity index (χ4n) is 2.11. The van der Waals surface area contributed by atoms with Crippen molar-refractivity contribution in [2.45, 2.75) is 13.0 Å². The number of aromatic nitrogens is 2. The molecule has 0 fully saturated rings. The average Bonchev–Trinajstić information content (AvgIpc) is 2.85. The number of thiophene rings is 1. The number of H-pyrrole nitrogens is 2. The monoisotopic (exact) mass is 287 g/mol. The molecule has 2 aromatic heterocycles. The number of aryl methyl sites for hydroxylation is 1. The van der Waals surface area contributed by atoms with Crippen molar-refractivity contribution in [3.05, 3.63) is 66.4 Å². The minimum absolute atomic E-state index is 0.242. The predicted molar refractivity (Wildman–Crippen MR) is 80.3 cm³/mol. The minimum Gasteiger partial charge on any atom is -0.320 e. The van der Waals surface area contributed by atoms with Crippen LogP contribution in [0.5, 0.6) is 0 Å². The van der Waals surface area contributed by atoms with Crippen molar-refractivity contribution >= 4 is 22.4 Å². The first kappa shape index (κ1) is 12.8. The summed E-state index contributed by atoms with van der Waals surface area (Å²) in [7, 11) is 0. The number of hydrogen-bond donors (Lipinski definition) is 3. The number of aromatic amines is 2. The zero-order valence-corrected chi connectivity index (χ0v) is 11.6. The van der Waals surface area contributed by atoms with Gasteiger partial charge in [-0.2, -0.15) is 0 Å². The van der Waals surface area contributed by atoms with Crippen molar-refractivity contribution in [1.82, 2.24) is 9.97 Å². The van der Waals surface area contributed by atoms with Crippen LogP contribution in [0, 0.1) is 6.92 Å². The van der Waals surface area contributed by atoms with Gasteiger partial charge in [-0.05, 0) is 36.8 Å². The molecule has 0 bridgehead atoms. The molecule has 0 amide bonds. The van der Waals surface area contributed by atoms with Gasteiger partial charge in [-0.25, -0.2) is 0 Å². The van der Waals surface area contributed by atoms with Crippen molar-refractivity contribution < 1.29 is 0 Å². The largest absolute Gasteiger partial charge is 0.320 e. The van der Waals surface area contributed by atoms with Crippen molar-refractivity contribution in [2.75, 3.05) is 0 Å². The molecule has 1 unspecified atom stereocenters. The van der Waals surface area contributed by atoms with Gasteiger partial charge in [0.05, 0.1) is 17.1 Å². The molecule has 0 aliphatic heterocycles. The number of nitrogens with one attached hydrogen (secondary N) is 2. The molecule has 102 valence electrons. The maximum absolute atomic E-state index is 11.4. The SMILES string of the molecule is Cc1ccc(C(N)c2ccc3[nH]c(=O)c(=O)[nH]c3c2)s1. The second-order valence-corrected chi connectivity index (χ2v) is 5.96. The predicted octanol–water partition coefficient (Wildman–Crippen LogP) is 1.63. The van der Waals surface area contributed by atoms with Crippen LogP contribution in [0.15, 0.2) is 39.9 Å². The van der Waals surface area contributed by atoms with Crippen molar-refractivity contribution in [3.63, 3.8) is 0 Å². The molecule has 1 atom stereocenters. The van der Waals surface area contributed by atoms with Gasteiger partial charge in [0.25, 0.3) is 0 Å². The number of rotatable bonds is 2. The fourth-order valence-corrected chi connectivity index (χ4v) is 3.02. The van der Waals surface area contributed by atoms with Crippen LogP contribution in [0.1, 0.15) is 21.4 Å². The first-order valence-electron chi connectivity index (χ1n) is 6.13. The summed E-state index contributed by atoms with van der Waals surface area (Å²) in [5, 5.41) is 0. The summed E-state index contributed by atoms with van der Waals surface area (Å²) in [5.41, 5.74) is 6.99. The topological polar surface area (TPSA) is 91.7 Å². The van der Waals surface area contributed by atoms with Gasteiger partial charge in [-0.1, -0.05) is 6.07 Å². The molecule has 0 aliphatic carbocycles. The quantitative estimate of drug-likeness (QED) is 0.626. The molecule has 0 radical (unpaired) electrons. The number of benzene rings is 1. The third-order valence-electron chi connectivity index (χ3n) is 3.17. The molecular formula is C14H13N3O2S. The van der Waals surface area contributed by atoms with Crippen molar-refractivity contribution in [2.24, 2.45) is 5.73 Å². The van der Waals surface area contributed by atoms with Gasteiger partial charge in [0.2, 0.25) is 0 Å². The van der Waals surface area contributed by atoms with Gasteiger partial charge in [-0.15, -0.1) is 11.3 Å². The minimum atomic E-state index is -0.657. The Morgan fingerprint density at radius 2 is 1.75 bits per heavy atom. The first-order valence-corrected chi connectivity index (χ1v) is 6.94. The summed E-state index contributed by atoms with van der Waals surface area (Å²) in [5.74, 6) is 0. The summed E-state index contributed by atoms with van der Waals surface area (Å²) >= 11 is 1.65. The van der Waals surface area contributed by atoms with E-state index in [1.54, 1.807) is 23.5 Å². The molecular weight excluding hydrogens is 274 g/mol. The lowest BCUT2D eigenvalue weighted by Crippen LogP contribution is -2.29. The molecule has 5 nitrogen and oxygen atoms in total. The van der Waals surface area contributed by atoms with E-state index in [0.29, 0.717) is 11.0 Å². The van der Waals surface area contributed by atoms with E-state index in [4.69, 9.17) is 5.73 Å². The fraction of sp³-hybridized carbons (Fsp3) is 0.143. The number of hydrogen-bond acceptors (Lipinski definition) is 4. The Morgan fingerprint density at radius 3 is 2.40 bits per heavy atom. The van der Waals surface area contributed by atoms with Crippen LogP contribution in [-0.2, 0) is 0 Å². The zero-order valence-electron chi connectivity index (χ0n) is 10.8. The van der Waals surface area contributed by atoms with Crippen LogP contribution < -0.4 is 16.9 Å². The van der Waals surface area contributed by atoms with Gasteiger partial charge in [0, 0.05) is 9.75 Å². The Kier molecular flexibility index (Phi) is 3.04. The number of nitrogens with two attached hydrogens (primary N) is 1. The van der Waals surface area contributed by atoms with Crippen molar-refractivity contribution in [1.29, 1.82) is 0 Å². The highest BCUT2D eigenvalue weighted by atomic mass is 32.1. The van der Waals surface area contributed by atoms with E-state index >= 15 is 0 Å².